The maximum Gasteiger partial charge on any atom is 0.155 e. The summed E-state index contributed by atoms with van der Waals surface area (Å²) < 4.78 is 6.58. The van der Waals surface area contributed by atoms with E-state index in [1.165, 1.54) is 31.8 Å². The summed E-state index contributed by atoms with van der Waals surface area (Å²) in [6.07, 6.45) is 8.79. The number of carbonyl (C=O) groups is 2. The van der Waals surface area contributed by atoms with Gasteiger partial charge in [0.15, 0.2) is 5.78 Å². The van der Waals surface area contributed by atoms with E-state index in [1.54, 1.807) is 0 Å². The summed E-state index contributed by atoms with van der Waals surface area (Å²) in [5, 5.41) is 0. The molecule has 0 atom stereocenters. The molecule has 0 saturated carbocycles. The highest BCUT2D eigenvalue weighted by Gasteiger charge is 1.96. The van der Waals surface area contributed by atoms with Gasteiger partial charge in [-0.2, -0.15) is 0 Å². The molecule has 0 N–H and O–H groups in total. The fourth-order valence-electron chi connectivity index (χ4n) is 1.29. The largest absolute Gasteiger partial charge is 0.299 e. The summed E-state index contributed by atoms with van der Waals surface area (Å²) in [7, 11) is 0. The lowest BCUT2D eigenvalue weighted by Gasteiger charge is -1.98. The van der Waals surface area contributed by atoms with Crippen LogP contribution in [0.4, 0.5) is 0 Å². The van der Waals surface area contributed by atoms with Crippen molar-refractivity contribution in [2.45, 2.75) is 51.9 Å². The molecule has 0 bridgehead atoms. The van der Waals surface area contributed by atoms with Gasteiger partial charge in [0.25, 0.3) is 0 Å². The molecule has 0 aromatic heterocycles. The molecule has 0 fully saturated rings. The number of hydrogen-bond acceptors (Lipinski definition) is 2. The first kappa shape index (κ1) is 11.2. The first-order valence-corrected chi connectivity index (χ1v) is 5.38. The van der Waals surface area contributed by atoms with Crippen molar-refractivity contribution in [1.29, 1.82) is 0 Å². The first-order valence-electron chi connectivity index (χ1n) is 5.88. The van der Waals surface area contributed by atoms with Gasteiger partial charge in [-0.25, -0.2) is 0 Å². The standard InChI is InChI=1S/C12H20O2/c1-2-3-4-5-6-7-9-12(14)10-8-11-13/h8,10-11H,2-7,9H2,1H3/b10-8-/i11D. The zero-order valence-electron chi connectivity index (χ0n) is 9.92. The van der Waals surface area contributed by atoms with Crippen LogP contribution in [0, 0.1) is 0 Å². The summed E-state index contributed by atoms with van der Waals surface area (Å²) in [5.74, 6) is -0.0499. The fourth-order valence-corrected chi connectivity index (χ4v) is 1.29. The van der Waals surface area contributed by atoms with Crippen molar-refractivity contribution in [2.75, 3.05) is 0 Å². The number of allylic oxidation sites excluding steroid dienone is 2. The van der Waals surface area contributed by atoms with Gasteiger partial charge in [-0.3, -0.25) is 9.59 Å². The van der Waals surface area contributed by atoms with E-state index in [0.717, 1.165) is 18.9 Å². The van der Waals surface area contributed by atoms with Crippen molar-refractivity contribution >= 4 is 12.0 Å². The number of rotatable bonds is 9. The Morgan fingerprint density at radius 3 is 2.50 bits per heavy atom. The molecule has 0 heterocycles. The van der Waals surface area contributed by atoms with Gasteiger partial charge in [0.1, 0.15) is 7.63 Å². The van der Waals surface area contributed by atoms with E-state index in [4.69, 9.17) is 1.37 Å². The Labute approximate surface area is 87.8 Å². The third-order valence-electron chi connectivity index (χ3n) is 2.11. The minimum atomic E-state index is -0.814. The molecule has 0 aromatic carbocycles. The van der Waals surface area contributed by atoms with Crippen LogP contribution in [0.15, 0.2) is 12.2 Å². The Morgan fingerprint density at radius 1 is 1.21 bits per heavy atom. The summed E-state index contributed by atoms with van der Waals surface area (Å²) in [6, 6.07) is 0. The summed E-state index contributed by atoms with van der Waals surface area (Å²) in [4.78, 5) is 21.3. The first-order chi connectivity index (χ1) is 7.16. The zero-order chi connectivity index (χ0) is 11.5. The maximum absolute atomic E-state index is 11.1. The Balaban J connectivity index is 3.35. The molecular weight excluding hydrogens is 176 g/mol. The molecule has 0 unspecified atom stereocenters. The van der Waals surface area contributed by atoms with Crippen LogP contribution in [0.3, 0.4) is 0 Å². The van der Waals surface area contributed by atoms with Gasteiger partial charge in [0, 0.05) is 6.42 Å². The molecule has 0 saturated heterocycles. The Kier molecular flexibility index (Phi) is 8.10. The molecule has 0 aliphatic carbocycles. The van der Waals surface area contributed by atoms with Gasteiger partial charge in [-0.15, -0.1) is 0 Å². The molecule has 0 spiro atoms. The lowest BCUT2D eigenvalue weighted by atomic mass is 10.1. The highest BCUT2D eigenvalue weighted by molar-refractivity contribution is 5.92. The molecular formula is C12H20O2. The molecule has 14 heavy (non-hydrogen) atoms. The SMILES string of the molecule is [2H]C(=O)/C=C\C(=O)CCCCCCCC. The normalized spacial score (nSPS) is 11.6. The van der Waals surface area contributed by atoms with E-state index < -0.39 is 6.26 Å². The van der Waals surface area contributed by atoms with Crippen molar-refractivity contribution in [3.05, 3.63) is 12.2 Å². The van der Waals surface area contributed by atoms with Crippen LogP contribution in [0.25, 0.3) is 0 Å². The highest BCUT2D eigenvalue weighted by atomic mass is 16.1. The number of ketones is 1. The van der Waals surface area contributed by atoms with Crippen LogP contribution >= 0.6 is 0 Å². The molecule has 0 aromatic rings. The fraction of sp³-hybridized carbons (Fsp3) is 0.667. The molecule has 0 aliphatic heterocycles. The number of hydrogen-bond donors (Lipinski definition) is 0. The van der Waals surface area contributed by atoms with Crippen molar-refractivity contribution in [1.82, 2.24) is 0 Å². The monoisotopic (exact) mass is 197 g/mol. The maximum atomic E-state index is 11.1. The minimum absolute atomic E-state index is 0.0499. The quantitative estimate of drug-likeness (QED) is 0.323. The van der Waals surface area contributed by atoms with Gasteiger partial charge >= 0.3 is 0 Å². The predicted octanol–water partition coefficient (Wildman–Crippen LogP) is 3.06. The molecule has 2 nitrogen and oxygen atoms in total. The van der Waals surface area contributed by atoms with E-state index >= 15 is 0 Å². The van der Waals surface area contributed by atoms with Gasteiger partial charge < -0.3 is 0 Å². The smallest absolute Gasteiger partial charge is 0.155 e. The van der Waals surface area contributed by atoms with Crippen LogP contribution in [0.1, 0.15) is 53.2 Å². The average Bonchev–Trinajstić information content (AvgIpc) is 2.20. The molecule has 0 rings (SSSR count). The second-order valence-electron chi connectivity index (χ2n) is 3.44. The molecule has 0 radical (unpaired) electrons. The van der Waals surface area contributed by atoms with Crippen LogP contribution in [0.2, 0.25) is 0 Å². The second kappa shape index (κ2) is 10.2. The van der Waals surface area contributed by atoms with Crippen LogP contribution in [-0.4, -0.2) is 12.0 Å². The van der Waals surface area contributed by atoms with Crippen LogP contribution in [-0.2, 0) is 9.59 Å². The van der Waals surface area contributed by atoms with Gasteiger partial charge in [-0.1, -0.05) is 39.0 Å². The summed E-state index contributed by atoms with van der Waals surface area (Å²) in [5.41, 5.74) is 0. The van der Waals surface area contributed by atoms with Crippen LogP contribution in [0.5, 0.6) is 0 Å². The zero-order valence-corrected chi connectivity index (χ0v) is 8.92. The van der Waals surface area contributed by atoms with Crippen molar-refractivity contribution in [3.63, 3.8) is 0 Å². The third kappa shape index (κ3) is 9.17. The molecule has 0 aliphatic rings. The Bertz CT molecular complexity index is 222. The van der Waals surface area contributed by atoms with Gasteiger partial charge in [-0.05, 0) is 18.6 Å². The van der Waals surface area contributed by atoms with Crippen LogP contribution < -0.4 is 0 Å². The van der Waals surface area contributed by atoms with Crippen molar-refractivity contribution < 1.29 is 11.0 Å². The number of unbranched alkanes of at least 4 members (excludes halogenated alkanes) is 5. The lowest BCUT2D eigenvalue weighted by molar-refractivity contribution is -0.115. The number of aldehydes is 1. The van der Waals surface area contributed by atoms with Crippen molar-refractivity contribution in [2.24, 2.45) is 0 Å². The molecule has 80 valence electrons. The van der Waals surface area contributed by atoms with E-state index in [0.29, 0.717) is 6.42 Å². The molecule has 0 amide bonds. The van der Waals surface area contributed by atoms with E-state index in [-0.39, 0.29) is 5.78 Å². The second-order valence-corrected chi connectivity index (χ2v) is 3.44. The van der Waals surface area contributed by atoms with Gasteiger partial charge in [0.2, 0.25) is 0 Å². The Hall–Kier alpha value is -0.920. The van der Waals surface area contributed by atoms with Gasteiger partial charge in [0.05, 0.1) is 0 Å². The average molecular weight is 197 g/mol. The van der Waals surface area contributed by atoms with E-state index in [2.05, 4.69) is 6.92 Å². The van der Waals surface area contributed by atoms with Crippen molar-refractivity contribution in [3.8, 4) is 0 Å². The molecule has 2 heteroatoms. The highest BCUT2D eigenvalue weighted by Crippen LogP contribution is 2.07. The van der Waals surface area contributed by atoms with E-state index in [1.807, 2.05) is 0 Å². The third-order valence-corrected chi connectivity index (χ3v) is 2.11. The lowest BCUT2D eigenvalue weighted by Crippen LogP contribution is -1.92. The summed E-state index contributed by atoms with van der Waals surface area (Å²) in [6.45, 7) is 2.17. The minimum Gasteiger partial charge on any atom is -0.299 e. The number of carbonyl (C=O) groups excluding carboxylic acids is 2. The topological polar surface area (TPSA) is 34.1 Å². The Morgan fingerprint density at radius 2 is 1.86 bits per heavy atom. The predicted molar refractivity (Wildman–Crippen MR) is 58.2 cm³/mol. The van der Waals surface area contributed by atoms with E-state index in [9.17, 15) is 9.59 Å². The summed E-state index contributed by atoms with van der Waals surface area (Å²) >= 11 is 0.